The molecular formula is C57H64Cl5N9O8S3. The van der Waals surface area contributed by atoms with Crippen LogP contribution in [0.15, 0.2) is 173 Å². The van der Waals surface area contributed by atoms with E-state index in [1.54, 1.807) is 0 Å². The lowest BCUT2D eigenvalue weighted by atomic mass is 10.1. The second kappa shape index (κ2) is 28.1. The Balaban J connectivity index is 0.000000184. The summed E-state index contributed by atoms with van der Waals surface area (Å²) in [5, 5.41) is 15.1. The number of anilines is 2. The van der Waals surface area contributed by atoms with Gasteiger partial charge in [-0.25, -0.2) is 34.7 Å². The van der Waals surface area contributed by atoms with E-state index in [2.05, 4.69) is 64.4 Å². The number of nitrogens with zero attached hydrogens (tertiary/aromatic N) is 4. The molecule has 82 heavy (non-hydrogen) atoms. The molecular weight excluding hydrogens is 1210 g/mol. The van der Waals surface area contributed by atoms with E-state index in [1.807, 2.05) is 110 Å². The van der Waals surface area contributed by atoms with Crippen molar-refractivity contribution >= 4 is 136 Å². The number of fused-ring (bicyclic) bond motifs is 3. The van der Waals surface area contributed by atoms with Gasteiger partial charge in [-0.3, -0.25) is 10.1 Å². The molecule has 3 unspecified atom stereocenters. The highest BCUT2D eigenvalue weighted by Crippen LogP contribution is 2.34. The van der Waals surface area contributed by atoms with E-state index in [-0.39, 0.29) is 70.1 Å². The lowest BCUT2D eigenvalue weighted by molar-refractivity contribution is -0.387. The topological polar surface area (TPSA) is 262 Å². The summed E-state index contributed by atoms with van der Waals surface area (Å²) in [5.41, 5.74) is 20.2. The third-order valence-corrected chi connectivity index (χ3v) is 19.1. The molecule has 8 N–H and O–H groups in total. The minimum absolute atomic E-state index is 0.00131. The molecule has 17 nitrogen and oxygen atoms in total. The number of hydrogen-bond acceptors (Lipinski definition) is 11. The summed E-state index contributed by atoms with van der Waals surface area (Å²) in [6, 6.07) is 40.4. The number of nitrogens with two attached hydrogens (primary N) is 3. The van der Waals surface area contributed by atoms with Gasteiger partial charge in [0.2, 0.25) is 20.0 Å². The normalized spacial score (nSPS) is 13.1. The Morgan fingerprint density at radius 3 is 1.26 bits per heavy atom. The highest BCUT2D eigenvalue weighted by Gasteiger charge is 2.30. The Labute approximate surface area is 502 Å². The first-order valence-corrected chi connectivity index (χ1v) is 32.4. The van der Waals surface area contributed by atoms with Gasteiger partial charge in [0.25, 0.3) is 14.7 Å². The van der Waals surface area contributed by atoms with Crippen molar-refractivity contribution in [2.45, 2.75) is 94.0 Å². The number of sulfonamides is 2. The van der Waals surface area contributed by atoms with Gasteiger partial charge in [0.05, 0.1) is 26.3 Å². The fourth-order valence-corrected chi connectivity index (χ4v) is 14.6. The van der Waals surface area contributed by atoms with Crippen LogP contribution in [0.25, 0.3) is 32.7 Å². The zero-order valence-corrected chi connectivity index (χ0v) is 51.7. The fourth-order valence-electron chi connectivity index (χ4n) is 8.59. The molecule has 0 aliphatic rings. The SMILES string of the molecule is CC(C)C(Cn1ccc2ccccc21)NS(=O)(=O)c1c(N)cc(Cl)cc1Cl.CC(C)C(Cn1ccc2ccccc21)NS(=O)(=O)c1ccccc1[N+](=O)[O-].CC(C)C(N)Cn1ccc2ccccc21.Nc1cc(Cl)cc(Cl)c1S(=O)(=O)Cl. The molecule has 0 bridgehead atoms. The highest BCUT2D eigenvalue weighted by molar-refractivity contribution is 8.14. The van der Waals surface area contributed by atoms with Gasteiger partial charge < -0.3 is 30.9 Å². The first-order chi connectivity index (χ1) is 38.5. The summed E-state index contributed by atoms with van der Waals surface area (Å²) < 4.78 is 85.2. The van der Waals surface area contributed by atoms with Gasteiger partial charge in [-0.1, -0.05) is 155 Å². The van der Waals surface area contributed by atoms with Crippen LogP contribution in [-0.2, 0) is 48.7 Å². The first-order valence-electron chi connectivity index (χ1n) is 25.6. The molecule has 0 spiro atoms. The molecule has 25 heteroatoms. The fraction of sp³-hybridized carbons (Fsp3) is 0.263. The molecule has 0 aliphatic heterocycles. The number of para-hydroxylation sites is 4. The molecule has 0 amide bonds. The van der Waals surface area contributed by atoms with Crippen LogP contribution in [0.3, 0.4) is 0 Å². The Hall–Kier alpha value is -5.88. The molecule has 9 rings (SSSR count). The van der Waals surface area contributed by atoms with Crippen LogP contribution in [0.5, 0.6) is 0 Å². The van der Waals surface area contributed by atoms with Crippen molar-refractivity contribution in [1.82, 2.24) is 23.1 Å². The van der Waals surface area contributed by atoms with Crippen molar-refractivity contribution in [2.75, 3.05) is 11.5 Å². The van der Waals surface area contributed by atoms with Crippen molar-refractivity contribution in [3.8, 4) is 0 Å². The van der Waals surface area contributed by atoms with E-state index in [0.29, 0.717) is 19.0 Å². The number of rotatable bonds is 17. The summed E-state index contributed by atoms with van der Waals surface area (Å²) in [6.45, 7) is 13.9. The third kappa shape index (κ3) is 16.9. The van der Waals surface area contributed by atoms with Crippen LogP contribution in [0.1, 0.15) is 41.5 Å². The summed E-state index contributed by atoms with van der Waals surface area (Å²) in [6.07, 6.45) is 5.99. The monoisotopic (exact) mass is 1270 g/mol. The quantitative estimate of drug-likeness (QED) is 0.0248. The number of nitro groups is 1. The van der Waals surface area contributed by atoms with Crippen molar-refractivity contribution in [2.24, 2.45) is 23.5 Å². The van der Waals surface area contributed by atoms with Gasteiger partial charge in [-0.05, 0) is 101 Å². The molecule has 6 aromatic carbocycles. The standard InChI is InChI=1S/C19H21Cl2N3O2S.C19H21N3O4S.C13H18N2.C6H4Cl3NO2S/c1-12(2)17(11-24-8-7-13-5-3-4-6-18(13)24)23-27(25,26)19-15(21)9-14(20)10-16(19)22;1-14(2)16(13-21-12-11-15-7-3-4-8-17(15)21)20-27(25,26)19-10-6-5-9-18(19)22(23)24;1-10(2)12(14)9-15-8-7-11-5-3-4-6-13(11)15;7-3-1-4(8)6(5(10)2-3)13(9,11)12/h3-10,12,17,23H,11,22H2,1-2H3;3-12,14,16,20H,13H2,1-2H3;3-8,10,12H,9,14H2,1-2H3;1-2H,10H2. The van der Waals surface area contributed by atoms with Gasteiger partial charge in [0.1, 0.15) is 9.79 Å². The van der Waals surface area contributed by atoms with Crippen molar-refractivity contribution in [3.05, 3.63) is 188 Å². The molecule has 9 aromatic rings. The van der Waals surface area contributed by atoms with Crippen LogP contribution in [0.2, 0.25) is 20.1 Å². The average molecular weight is 1280 g/mol. The zero-order valence-electron chi connectivity index (χ0n) is 45.5. The maximum atomic E-state index is 13.0. The number of benzene rings is 6. The molecule has 0 aliphatic carbocycles. The van der Waals surface area contributed by atoms with Crippen molar-refractivity contribution in [3.63, 3.8) is 0 Å². The number of halogens is 5. The molecule has 0 radical (unpaired) electrons. The zero-order chi connectivity index (χ0) is 60.4. The summed E-state index contributed by atoms with van der Waals surface area (Å²) in [7, 11) is -6.80. The van der Waals surface area contributed by atoms with E-state index in [0.717, 1.165) is 28.4 Å². The summed E-state index contributed by atoms with van der Waals surface area (Å²) in [4.78, 5) is 9.75. The molecule has 3 heterocycles. The molecule has 438 valence electrons. The Bertz CT molecular complexity index is 4000. The number of nitrogen functional groups attached to an aromatic ring is 2. The predicted molar refractivity (Wildman–Crippen MR) is 334 cm³/mol. The van der Waals surface area contributed by atoms with E-state index in [9.17, 15) is 35.4 Å². The number of hydrogen-bond donors (Lipinski definition) is 5. The number of aromatic nitrogens is 3. The van der Waals surface area contributed by atoms with E-state index in [4.69, 9.17) is 74.3 Å². The first kappa shape index (κ1) is 65.3. The smallest absolute Gasteiger partial charge is 0.289 e. The Morgan fingerprint density at radius 2 is 0.878 bits per heavy atom. The van der Waals surface area contributed by atoms with Gasteiger partial charge >= 0.3 is 0 Å². The van der Waals surface area contributed by atoms with Gasteiger partial charge in [-0.2, -0.15) is 0 Å². The maximum absolute atomic E-state index is 13.0. The van der Waals surface area contributed by atoms with E-state index < -0.39 is 45.7 Å². The molecule has 0 saturated carbocycles. The van der Waals surface area contributed by atoms with Crippen LogP contribution < -0.4 is 26.6 Å². The molecule has 0 fully saturated rings. The second-order valence-corrected chi connectivity index (χ2v) is 27.7. The minimum Gasteiger partial charge on any atom is -0.398 e. The Kier molecular flexibility index (Phi) is 22.4. The number of nitrogens with one attached hydrogen (secondary N) is 2. The summed E-state index contributed by atoms with van der Waals surface area (Å²) >= 11 is 23.2. The van der Waals surface area contributed by atoms with Gasteiger partial charge in [-0.15, -0.1) is 0 Å². The van der Waals surface area contributed by atoms with Crippen LogP contribution >= 0.6 is 57.1 Å². The highest BCUT2D eigenvalue weighted by atomic mass is 35.7. The Morgan fingerprint density at radius 1 is 0.512 bits per heavy atom. The largest absolute Gasteiger partial charge is 0.398 e. The van der Waals surface area contributed by atoms with Crippen molar-refractivity contribution in [1.29, 1.82) is 0 Å². The minimum atomic E-state index is -4.04. The third-order valence-electron chi connectivity index (χ3n) is 13.3. The van der Waals surface area contributed by atoms with Crippen LogP contribution in [-0.4, -0.2) is 62.0 Å². The molecule has 3 aromatic heterocycles. The summed E-state index contributed by atoms with van der Waals surface area (Å²) in [5.74, 6) is 0.558. The van der Waals surface area contributed by atoms with E-state index >= 15 is 0 Å². The number of nitro benzene ring substituents is 1. The van der Waals surface area contributed by atoms with Crippen molar-refractivity contribution < 1.29 is 30.2 Å². The van der Waals surface area contributed by atoms with Crippen LogP contribution in [0, 0.1) is 27.9 Å². The molecule has 0 saturated heterocycles. The average Bonchev–Trinajstić information content (AvgIpc) is 4.14. The van der Waals surface area contributed by atoms with Gasteiger partial charge in [0.15, 0.2) is 4.90 Å². The lowest BCUT2D eigenvalue weighted by Crippen LogP contribution is -2.41. The maximum Gasteiger partial charge on any atom is 0.289 e. The lowest BCUT2D eigenvalue weighted by Gasteiger charge is -2.24. The van der Waals surface area contributed by atoms with Crippen LogP contribution in [0.4, 0.5) is 17.1 Å². The predicted octanol–water partition coefficient (Wildman–Crippen LogP) is 13.2. The second-order valence-electron chi connectivity index (χ2n) is 20.2. The van der Waals surface area contributed by atoms with Gasteiger partial charge in [0, 0.05) is 99.7 Å². The van der Waals surface area contributed by atoms with E-state index in [1.165, 1.54) is 59.4 Å². The molecule has 3 atom stereocenters.